The maximum Gasteiger partial charge on any atom is 0.148 e. The van der Waals surface area contributed by atoms with Crippen LogP contribution in [0.15, 0.2) is 24.4 Å². The van der Waals surface area contributed by atoms with Crippen LogP contribution in [0.25, 0.3) is 10.9 Å². The number of hydrogen-bond acceptors (Lipinski definition) is 1. The Morgan fingerprint density at radius 2 is 2.08 bits per heavy atom. The summed E-state index contributed by atoms with van der Waals surface area (Å²) < 4.78 is 12.8. The number of rotatable bonds is 0. The van der Waals surface area contributed by atoms with Crippen LogP contribution >= 0.6 is 12.4 Å². The lowest BCUT2D eigenvalue weighted by Gasteiger charge is -1.91. The molecular weight excluding hydrogens is 179 g/mol. The molecule has 0 aliphatic heterocycles. The summed E-state index contributed by atoms with van der Waals surface area (Å²) in [6, 6.07) is 5.05. The second-order valence-electron chi connectivity index (χ2n) is 2.44. The van der Waals surface area contributed by atoms with Crippen molar-refractivity contribution in [3.8, 4) is 0 Å². The molecule has 64 valence electrons. The van der Waals surface area contributed by atoms with Crippen molar-refractivity contribution in [2.24, 2.45) is 0 Å². The van der Waals surface area contributed by atoms with Crippen LogP contribution in [0.4, 0.5) is 10.1 Å². The lowest BCUT2D eigenvalue weighted by Crippen LogP contribution is -1.82. The molecule has 0 saturated heterocycles. The predicted molar refractivity (Wildman–Crippen MR) is 49.9 cm³/mol. The maximum atomic E-state index is 12.8. The zero-order valence-corrected chi connectivity index (χ0v) is 6.99. The Morgan fingerprint density at radius 1 is 1.33 bits per heavy atom. The summed E-state index contributed by atoms with van der Waals surface area (Å²) in [4.78, 5) is 2.77. The smallest absolute Gasteiger partial charge is 0.148 e. The number of halogens is 2. The molecule has 0 unspecified atom stereocenters. The quantitative estimate of drug-likeness (QED) is 0.610. The van der Waals surface area contributed by atoms with Gasteiger partial charge in [0, 0.05) is 17.3 Å². The lowest BCUT2D eigenvalue weighted by molar-refractivity contribution is 0.639. The highest BCUT2D eigenvalue weighted by molar-refractivity contribution is 5.85. The fourth-order valence-electron chi connectivity index (χ4n) is 1.11. The number of nitrogens with two attached hydrogens (primary N) is 1. The summed E-state index contributed by atoms with van der Waals surface area (Å²) in [6.07, 6.45) is 1.32. The van der Waals surface area contributed by atoms with Gasteiger partial charge in [0.2, 0.25) is 0 Å². The number of aromatic amines is 1. The van der Waals surface area contributed by atoms with Gasteiger partial charge in [-0.25, -0.2) is 4.39 Å². The Bertz CT molecular complexity index is 397. The van der Waals surface area contributed by atoms with Gasteiger partial charge in [-0.15, -0.1) is 12.4 Å². The minimum absolute atomic E-state index is 0. The minimum Gasteiger partial charge on any atom is -0.399 e. The molecule has 1 aromatic carbocycles. The lowest BCUT2D eigenvalue weighted by atomic mass is 10.2. The van der Waals surface area contributed by atoms with E-state index in [0.29, 0.717) is 11.1 Å². The monoisotopic (exact) mass is 186 g/mol. The van der Waals surface area contributed by atoms with Crippen LogP contribution in [0.3, 0.4) is 0 Å². The summed E-state index contributed by atoms with van der Waals surface area (Å²) >= 11 is 0. The molecule has 0 fully saturated rings. The Labute approximate surface area is 75.0 Å². The van der Waals surface area contributed by atoms with Gasteiger partial charge >= 0.3 is 0 Å². The highest BCUT2D eigenvalue weighted by atomic mass is 35.5. The van der Waals surface area contributed by atoms with Crippen molar-refractivity contribution in [2.75, 3.05) is 5.73 Å². The SMILES string of the molecule is Cl.Nc1ccc2c(F)c[nH]c2c1. The highest BCUT2D eigenvalue weighted by Gasteiger charge is 2.00. The summed E-state index contributed by atoms with van der Waals surface area (Å²) in [5, 5.41) is 0.583. The van der Waals surface area contributed by atoms with Crippen LogP contribution < -0.4 is 5.73 Å². The largest absolute Gasteiger partial charge is 0.399 e. The molecule has 0 aliphatic carbocycles. The number of aromatic nitrogens is 1. The normalized spacial score (nSPS) is 9.75. The van der Waals surface area contributed by atoms with Crippen molar-refractivity contribution in [3.63, 3.8) is 0 Å². The molecule has 0 amide bonds. The van der Waals surface area contributed by atoms with E-state index in [1.807, 2.05) is 0 Å². The van der Waals surface area contributed by atoms with E-state index in [4.69, 9.17) is 5.73 Å². The van der Waals surface area contributed by atoms with Crippen LogP contribution in [-0.2, 0) is 0 Å². The number of nitrogens with one attached hydrogen (secondary N) is 1. The fraction of sp³-hybridized carbons (Fsp3) is 0. The van der Waals surface area contributed by atoms with E-state index >= 15 is 0 Å². The molecule has 0 saturated carbocycles. The Hall–Kier alpha value is -1.22. The van der Waals surface area contributed by atoms with Gasteiger partial charge in [0.1, 0.15) is 5.82 Å². The molecule has 2 rings (SSSR count). The minimum atomic E-state index is -0.236. The van der Waals surface area contributed by atoms with Gasteiger partial charge in [0.15, 0.2) is 0 Å². The fourth-order valence-corrected chi connectivity index (χ4v) is 1.11. The van der Waals surface area contributed by atoms with Crippen LogP contribution in [0.2, 0.25) is 0 Å². The van der Waals surface area contributed by atoms with Crippen molar-refractivity contribution in [1.82, 2.24) is 4.98 Å². The Kier molecular flexibility index (Phi) is 2.24. The number of anilines is 1. The molecule has 2 aromatic rings. The van der Waals surface area contributed by atoms with E-state index in [1.165, 1.54) is 6.20 Å². The average Bonchev–Trinajstić information content (AvgIpc) is 2.32. The molecule has 2 nitrogen and oxygen atoms in total. The van der Waals surface area contributed by atoms with Gasteiger partial charge in [-0.2, -0.15) is 0 Å². The molecule has 4 heteroatoms. The third-order valence-corrected chi connectivity index (χ3v) is 1.66. The number of fused-ring (bicyclic) bond motifs is 1. The van der Waals surface area contributed by atoms with Crippen LogP contribution in [0.1, 0.15) is 0 Å². The molecule has 1 heterocycles. The maximum absolute atomic E-state index is 12.8. The Balaban J connectivity index is 0.000000720. The molecule has 0 aliphatic rings. The third-order valence-electron chi connectivity index (χ3n) is 1.66. The van der Waals surface area contributed by atoms with Gasteiger partial charge in [0.25, 0.3) is 0 Å². The van der Waals surface area contributed by atoms with Gasteiger partial charge in [-0.3, -0.25) is 0 Å². The van der Waals surface area contributed by atoms with Crippen molar-refractivity contribution in [1.29, 1.82) is 0 Å². The standard InChI is InChI=1S/C8H7FN2.ClH/c9-7-4-11-8-3-5(10)1-2-6(7)8;/h1-4,11H,10H2;1H. The van der Waals surface area contributed by atoms with E-state index in [0.717, 1.165) is 5.52 Å². The zero-order valence-electron chi connectivity index (χ0n) is 6.17. The predicted octanol–water partition coefficient (Wildman–Crippen LogP) is 2.31. The van der Waals surface area contributed by atoms with Crippen LogP contribution in [0.5, 0.6) is 0 Å². The summed E-state index contributed by atoms with van der Waals surface area (Å²) in [7, 11) is 0. The van der Waals surface area contributed by atoms with E-state index in [9.17, 15) is 4.39 Å². The molecule has 0 radical (unpaired) electrons. The first-order valence-corrected chi connectivity index (χ1v) is 3.29. The molecule has 1 aromatic heterocycles. The molecular formula is C8H8ClFN2. The molecule has 0 spiro atoms. The second-order valence-corrected chi connectivity index (χ2v) is 2.44. The molecule has 12 heavy (non-hydrogen) atoms. The number of nitrogen functional groups attached to an aromatic ring is 1. The van der Waals surface area contributed by atoms with Crippen LogP contribution in [0, 0.1) is 5.82 Å². The topological polar surface area (TPSA) is 41.8 Å². The van der Waals surface area contributed by atoms with Crippen molar-refractivity contribution < 1.29 is 4.39 Å². The molecule has 3 N–H and O–H groups in total. The van der Waals surface area contributed by atoms with Crippen molar-refractivity contribution in [3.05, 3.63) is 30.2 Å². The first-order valence-electron chi connectivity index (χ1n) is 3.29. The van der Waals surface area contributed by atoms with Gasteiger partial charge in [0.05, 0.1) is 5.52 Å². The average molecular weight is 187 g/mol. The first kappa shape index (κ1) is 8.87. The Morgan fingerprint density at radius 3 is 2.83 bits per heavy atom. The van der Waals surface area contributed by atoms with Crippen LogP contribution in [-0.4, -0.2) is 4.98 Å². The summed E-state index contributed by atoms with van der Waals surface area (Å²) in [5.74, 6) is -0.236. The molecule has 0 bridgehead atoms. The molecule has 0 atom stereocenters. The first-order chi connectivity index (χ1) is 5.27. The van der Waals surface area contributed by atoms with Gasteiger partial charge in [-0.1, -0.05) is 0 Å². The van der Waals surface area contributed by atoms with Crippen molar-refractivity contribution in [2.45, 2.75) is 0 Å². The van der Waals surface area contributed by atoms with Gasteiger partial charge in [-0.05, 0) is 18.2 Å². The van der Waals surface area contributed by atoms with Crippen molar-refractivity contribution >= 4 is 29.0 Å². The third kappa shape index (κ3) is 1.23. The van der Waals surface area contributed by atoms with E-state index in [2.05, 4.69) is 4.98 Å². The van der Waals surface area contributed by atoms with E-state index in [-0.39, 0.29) is 18.2 Å². The summed E-state index contributed by atoms with van der Waals surface area (Å²) in [5.41, 5.74) is 6.87. The zero-order chi connectivity index (χ0) is 7.84. The number of hydrogen-bond donors (Lipinski definition) is 2. The number of benzene rings is 1. The van der Waals surface area contributed by atoms with E-state index < -0.39 is 0 Å². The summed E-state index contributed by atoms with van der Waals surface area (Å²) in [6.45, 7) is 0. The van der Waals surface area contributed by atoms with Gasteiger partial charge < -0.3 is 10.7 Å². The van der Waals surface area contributed by atoms with E-state index in [1.54, 1.807) is 18.2 Å². The second kappa shape index (κ2) is 3.03. The number of H-pyrrole nitrogens is 1. The highest BCUT2D eigenvalue weighted by Crippen LogP contribution is 2.18.